The molecule has 0 heterocycles. The molecule has 0 bridgehead atoms. The molecule has 5 heteroatoms. The molecule has 1 N–H and O–H groups in total. The van der Waals surface area contributed by atoms with Gasteiger partial charge in [-0.05, 0) is 0 Å². The number of hydrogen-bond acceptors (Lipinski definition) is 3. The summed E-state index contributed by atoms with van der Waals surface area (Å²) in [4.78, 5) is 25.9. The van der Waals surface area contributed by atoms with Gasteiger partial charge in [-0.15, -0.1) is 0 Å². The Bertz CT molecular complexity index is 582. The van der Waals surface area contributed by atoms with Gasteiger partial charge < -0.3 is 0 Å². The molecule has 1 atom stereocenters. The molecule has 0 aliphatic rings. The molecule has 164 valence electrons. The van der Waals surface area contributed by atoms with Crippen LogP contribution in [-0.2, 0) is 7.87 Å². The fraction of sp³-hybridized carbons (Fsp3) is 0.667. The minimum atomic E-state index is -3.06. The van der Waals surface area contributed by atoms with Crippen molar-refractivity contribution in [3.05, 3.63) is 35.9 Å². The molecule has 0 fully saturated rings. The Morgan fingerprint density at radius 1 is 0.897 bits per heavy atom. The van der Waals surface area contributed by atoms with E-state index in [2.05, 4.69) is 26.1 Å². The molecule has 0 saturated carbocycles. The Morgan fingerprint density at radius 3 is 1.79 bits per heavy atom. The van der Waals surface area contributed by atoms with Crippen LogP contribution in [0.5, 0.6) is 0 Å². The van der Waals surface area contributed by atoms with E-state index in [0.717, 1.165) is 51.8 Å². The zero-order valence-electron chi connectivity index (χ0n) is 19.1. The molecular weight excluding hydrogens is 469 g/mol. The van der Waals surface area contributed by atoms with Gasteiger partial charge in [0, 0.05) is 0 Å². The van der Waals surface area contributed by atoms with Gasteiger partial charge in [-0.2, -0.15) is 0 Å². The Hall–Kier alpha value is -1.04. The summed E-state index contributed by atoms with van der Waals surface area (Å²) >= 11 is -3.06. The van der Waals surface area contributed by atoms with E-state index in [1.807, 2.05) is 32.0 Å². The summed E-state index contributed by atoms with van der Waals surface area (Å²) in [5.74, 6) is -0.427. The standard InChI is InChI=1S/C12H15NO3.3C4H9.Sn/c1-8(2)10(12(15)16)13-11(14)9-6-4-3-5-7-9;3*1-3-4-2;/h3-8,10H,1-2H3,(H,13,14)(H,15,16);3*1,3-4H2,2H3;/q;;;;+1/p-1/t10-;;;;/m1..../s1. The van der Waals surface area contributed by atoms with E-state index in [4.69, 9.17) is 3.07 Å². The number of rotatable bonds is 14. The van der Waals surface area contributed by atoms with Crippen molar-refractivity contribution in [3.8, 4) is 0 Å². The van der Waals surface area contributed by atoms with E-state index >= 15 is 0 Å². The first-order valence-electron chi connectivity index (χ1n) is 11.5. The van der Waals surface area contributed by atoms with E-state index in [0.29, 0.717) is 5.56 Å². The third-order valence-electron chi connectivity index (χ3n) is 5.52. The fourth-order valence-corrected chi connectivity index (χ4v) is 16.8. The second kappa shape index (κ2) is 14.0. The van der Waals surface area contributed by atoms with Gasteiger partial charge in [0.1, 0.15) is 0 Å². The predicted molar refractivity (Wildman–Crippen MR) is 124 cm³/mol. The van der Waals surface area contributed by atoms with E-state index in [-0.39, 0.29) is 17.8 Å². The molecule has 0 unspecified atom stereocenters. The number of benzene rings is 1. The van der Waals surface area contributed by atoms with Gasteiger partial charge in [-0.25, -0.2) is 0 Å². The third kappa shape index (κ3) is 9.10. The molecule has 0 saturated heterocycles. The van der Waals surface area contributed by atoms with Gasteiger partial charge in [0.05, 0.1) is 0 Å². The van der Waals surface area contributed by atoms with Crippen LogP contribution < -0.4 is 5.32 Å². The van der Waals surface area contributed by atoms with Gasteiger partial charge in [-0.3, -0.25) is 0 Å². The maximum atomic E-state index is 13.3. The molecule has 0 aromatic heterocycles. The fourth-order valence-electron chi connectivity index (χ4n) is 3.61. The number of nitrogens with one attached hydrogen (secondary N) is 1. The summed E-state index contributed by atoms with van der Waals surface area (Å²) in [6.45, 7) is 10.6. The first-order chi connectivity index (χ1) is 13.9. The predicted octanol–water partition coefficient (Wildman–Crippen LogP) is 6.33. The summed E-state index contributed by atoms with van der Waals surface area (Å²) in [5, 5.41) is 2.94. The van der Waals surface area contributed by atoms with E-state index in [1.165, 1.54) is 0 Å². The molecule has 0 aliphatic heterocycles. The molecule has 0 aliphatic carbocycles. The minimum absolute atomic E-state index is 0.0114. The Labute approximate surface area is 182 Å². The number of unbranched alkanes of at least 4 members (excludes halogenated alkanes) is 3. The summed E-state index contributed by atoms with van der Waals surface area (Å²) in [6, 6.07) is 8.49. The number of carbonyl (C=O) groups excluding carboxylic acids is 2. The summed E-state index contributed by atoms with van der Waals surface area (Å²) in [6.07, 6.45) is 6.81. The molecule has 1 rings (SSSR count). The SMILES string of the molecule is CCC[CH2][Sn]([CH2]CCC)([CH2]CCC)[O]C(=O)[C@H](NC(=O)c1ccccc1)C(C)C. The van der Waals surface area contributed by atoms with Gasteiger partial charge >= 0.3 is 183 Å². The molecule has 1 aromatic rings. The molecule has 0 spiro atoms. The first-order valence-corrected chi connectivity index (χ1v) is 18.7. The zero-order valence-corrected chi connectivity index (χ0v) is 22.0. The quantitative estimate of drug-likeness (QED) is 0.298. The summed E-state index contributed by atoms with van der Waals surface area (Å²) < 4.78 is 9.78. The van der Waals surface area contributed by atoms with Crippen LogP contribution in [-0.4, -0.2) is 36.7 Å². The van der Waals surface area contributed by atoms with Crippen LogP contribution in [0.15, 0.2) is 30.3 Å². The van der Waals surface area contributed by atoms with Gasteiger partial charge in [0.25, 0.3) is 0 Å². The molecule has 29 heavy (non-hydrogen) atoms. The monoisotopic (exact) mass is 511 g/mol. The number of amides is 1. The van der Waals surface area contributed by atoms with Crippen LogP contribution in [0.25, 0.3) is 0 Å². The van der Waals surface area contributed by atoms with Crippen molar-refractivity contribution in [1.82, 2.24) is 5.32 Å². The Balaban J connectivity index is 2.99. The van der Waals surface area contributed by atoms with Crippen LogP contribution in [0.1, 0.15) is 83.5 Å². The number of carbonyl (C=O) groups is 2. The van der Waals surface area contributed by atoms with Crippen LogP contribution in [0.2, 0.25) is 13.3 Å². The Kier molecular flexibility index (Phi) is 12.6. The van der Waals surface area contributed by atoms with Crippen LogP contribution in [0.3, 0.4) is 0 Å². The zero-order chi connectivity index (χ0) is 21.7. The first kappa shape index (κ1) is 26.0. The second-order valence-corrected chi connectivity index (χ2v) is 20.1. The summed E-state index contributed by atoms with van der Waals surface area (Å²) in [7, 11) is 0. The summed E-state index contributed by atoms with van der Waals surface area (Å²) in [5.41, 5.74) is 0.573. The van der Waals surface area contributed by atoms with Crippen LogP contribution in [0.4, 0.5) is 0 Å². The van der Waals surface area contributed by atoms with Gasteiger partial charge in [-0.1, -0.05) is 0 Å². The van der Waals surface area contributed by atoms with Crippen molar-refractivity contribution in [2.24, 2.45) is 5.92 Å². The van der Waals surface area contributed by atoms with Gasteiger partial charge in [0.2, 0.25) is 0 Å². The average molecular weight is 510 g/mol. The normalized spacial score (nSPS) is 12.6. The topological polar surface area (TPSA) is 55.4 Å². The number of hydrogen-bond donors (Lipinski definition) is 1. The van der Waals surface area contributed by atoms with Crippen molar-refractivity contribution in [1.29, 1.82) is 0 Å². The molecule has 0 radical (unpaired) electrons. The van der Waals surface area contributed by atoms with Crippen molar-refractivity contribution in [2.75, 3.05) is 0 Å². The maximum absolute atomic E-state index is 13.3. The molecule has 1 amide bonds. The van der Waals surface area contributed by atoms with E-state index < -0.39 is 24.8 Å². The van der Waals surface area contributed by atoms with Crippen molar-refractivity contribution < 1.29 is 12.7 Å². The van der Waals surface area contributed by atoms with E-state index in [1.54, 1.807) is 12.1 Å². The second-order valence-electron chi connectivity index (χ2n) is 8.48. The van der Waals surface area contributed by atoms with Crippen LogP contribution in [0, 0.1) is 5.92 Å². The van der Waals surface area contributed by atoms with Crippen molar-refractivity contribution >= 4 is 30.7 Å². The molecular formula is C24H41NO3Sn. The Morgan fingerprint density at radius 2 is 1.38 bits per heavy atom. The average Bonchev–Trinajstić information content (AvgIpc) is 2.73. The third-order valence-corrected chi connectivity index (χ3v) is 18.2. The van der Waals surface area contributed by atoms with E-state index in [9.17, 15) is 9.59 Å². The molecule has 4 nitrogen and oxygen atoms in total. The van der Waals surface area contributed by atoms with Gasteiger partial charge in [0.15, 0.2) is 0 Å². The van der Waals surface area contributed by atoms with Crippen LogP contribution >= 0.6 is 0 Å². The van der Waals surface area contributed by atoms with Crippen molar-refractivity contribution in [3.63, 3.8) is 0 Å². The van der Waals surface area contributed by atoms with Crippen molar-refractivity contribution in [2.45, 2.75) is 92.5 Å². The molecule has 1 aromatic carbocycles.